The molecule has 2 fully saturated rings. The van der Waals surface area contributed by atoms with E-state index in [2.05, 4.69) is 24.1 Å². The minimum atomic E-state index is 0.243. The van der Waals surface area contributed by atoms with Crippen molar-refractivity contribution in [2.24, 2.45) is 11.3 Å². The fourth-order valence-corrected chi connectivity index (χ4v) is 2.62. The Kier molecular flexibility index (Phi) is 3.01. The van der Waals surface area contributed by atoms with Crippen molar-refractivity contribution in [2.45, 2.75) is 33.1 Å². The van der Waals surface area contributed by atoms with Crippen LogP contribution in [-0.4, -0.2) is 37.0 Å². The number of piperidine rings is 1. The molecule has 1 amide bonds. The third kappa shape index (κ3) is 2.51. The summed E-state index contributed by atoms with van der Waals surface area (Å²) in [6.45, 7) is 8.37. The van der Waals surface area contributed by atoms with Crippen LogP contribution in [0, 0.1) is 11.3 Å². The van der Waals surface area contributed by atoms with Crippen LogP contribution in [0.4, 0.5) is 0 Å². The van der Waals surface area contributed by atoms with Gasteiger partial charge in [0.15, 0.2) is 0 Å². The molecule has 1 N–H and O–H groups in total. The van der Waals surface area contributed by atoms with Crippen molar-refractivity contribution in [3.8, 4) is 0 Å². The molecule has 0 spiro atoms. The molecule has 0 aliphatic carbocycles. The van der Waals surface area contributed by atoms with Gasteiger partial charge in [0, 0.05) is 19.6 Å². The van der Waals surface area contributed by atoms with Crippen molar-refractivity contribution in [2.75, 3.05) is 26.2 Å². The molecule has 2 heterocycles. The highest BCUT2D eigenvalue weighted by atomic mass is 16.2. The lowest BCUT2D eigenvalue weighted by atomic mass is 9.93. The number of likely N-dealkylation sites (tertiary alicyclic amines) is 1. The number of nitrogens with one attached hydrogen (secondary N) is 1. The highest BCUT2D eigenvalue weighted by molar-refractivity contribution is 5.79. The summed E-state index contributed by atoms with van der Waals surface area (Å²) in [5.74, 6) is 0.625. The molecular weight excluding hydrogens is 188 g/mol. The van der Waals surface area contributed by atoms with Crippen molar-refractivity contribution in [3.63, 3.8) is 0 Å². The van der Waals surface area contributed by atoms with Gasteiger partial charge in [0.1, 0.15) is 0 Å². The fraction of sp³-hybridized carbons (Fsp3) is 0.917. The highest BCUT2D eigenvalue weighted by Crippen LogP contribution is 2.30. The van der Waals surface area contributed by atoms with Crippen molar-refractivity contribution < 1.29 is 4.79 Å². The van der Waals surface area contributed by atoms with Crippen LogP contribution in [0.25, 0.3) is 0 Å². The van der Waals surface area contributed by atoms with E-state index in [9.17, 15) is 4.79 Å². The maximum atomic E-state index is 12.2. The Hall–Kier alpha value is -0.570. The first kappa shape index (κ1) is 10.9. The maximum Gasteiger partial charge on any atom is 0.226 e. The number of carbonyl (C=O) groups excluding carboxylic acids is 1. The minimum Gasteiger partial charge on any atom is -0.342 e. The van der Waals surface area contributed by atoms with Crippen molar-refractivity contribution in [1.29, 1.82) is 0 Å². The lowest BCUT2D eigenvalue weighted by molar-refractivity contribution is -0.135. The molecule has 2 aliphatic heterocycles. The molecule has 1 atom stereocenters. The number of carbonyl (C=O) groups is 1. The zero-order chi connectivity index (χ0) is 10.9. The Labute approximate surface area is 92.2 Å². The van der Waals surface area contributed by atoms with Crippen LogP contribution in [0.1, 0.15) is 33.1 Å². The van der Waals surface area contributed by atoms with E-state index in [1.807, 2.05) is 0 Å². The van der Waals surface area contributed by atoms with Crippen LogP contribution in [0.5, 0.6) is 0 Å². The van der Waals surface area contributed by atoms with E-state index in [0.717, 1.165) is 45.4 Å². The van der Waals surface area contributed by atoms with E-state index in [1.165, 1.54) is 0 Å². The van der Waals surface area contributed by atoms with E-state index in [1.54, 1.807) is 0 Å². The van der Waals surface area contributed by atoms with Crippen LogP contribution in [0.3, 0.4) is 0 Å². The number of nitrogens with zero attached hydrogens (tertiary/aromatic N) is 1. The van der Waals surface area contributed by atoms with Gasteiger partial charge in [0.05, 0.1) is 5.92 Å². The summed E-state index contributed by atoms with van der Waals surface area (Å²) in [4.78, 5) is 14.2. The zero-order valence-corrected chi connectivity index (χ0v) is 9.88. The normalized spacial score (nSPS) is 30.5. The predicted octanol–water partition coefficient (Wildman–Crippen LogP) is 1.24. The van der Waals surface area contributed by atoms with Crippen LogP contribution < -0.4 is 5.32 Å². The molecule has 0 saturated carbocycles. The first-order chi connectivity index (χ1) is 7.08. The van der Waals surface area contributed by atoms with Gasteiger partial charge in [-0.25, -0.2) is 0 Å². The first-order valence-corrected chi connectivity index (χ1v) is 6.08. The van der Waals surface area contributed by atoms with E-state index in [0.29, 0.717) is 11.3 Å². The van der Waals surface area contributed by atoms with Crippen LogP contribution >= 0.6 is 0 Å². The van der Waals surface area contributed by atoms with Gasteiger partial charge < -0.3 is 10.2 Å². The maximum absolute atomic E-state index is 12.2. The molecule has 0 bridgehead atoms. The second-order valence-corrected chi connectivity index (χ2v) is 5.72. The minimum absolute atomic E-state index is 0.243. The summed E-state index contributed by atoms with van der Waals surface area (Å²) in [6.07, 6.45) is 3.37. The molecule has 86 valence electrons. The number of hydrogen-bond donors (Lipinski definition) is 1. The Morgan fingerprint density at radius 2 is 2.27 bits per heavy atom. The zero-order valence-electron chi connectivity index (χ0n) is 9.88. The smallest absolute Gasteiger partial charge is 0.226 e. The van der Waals surface area contributed by atoms with Gasteiger partial charge in [-0.3, -0.25) is 4.79 Å². The standard InChI is InChI=1S/C12H22N2O/c1-12(2)5-7-14(9-12)11(15)10-4-3-6-13-8-10/h10,13H,3-9H2,1-2H3. The van der Waals surface area contributed by atoms with Crippen molar-refractivity contribution >= 4 is 5.91 Å². The van der Waals surface area contributed by atoms with Gasteiger partial charge in [-0.1, -0.05) is 13.8 Å². The quantitative estimate of drug-likeness (QED) is 0.706. The van der Waals surface area contributed by atoms with Gasteiger partial charge in [-0.05, 0) is 31.2 Å². The van der Waals surface area contributed by atoms with Gasteiger partial charge in [-0.15, -0.1) is 0 Å². The SMILES string of the molecule is CC1(C)CCN(C(=O)C2CCCNC2)C1. The summed E-state index contributed by atoms with van der Waals surface area (Å²) in [5, 5.41) is 3.31. The number of hydrogen-bond acceptors (Lipinski definition) is 2. The summed E-state index contributed by atoms with van der Waals surface area (Å²) in [6, 6.07) is 0. The molecule has 0 aromatic carbocycles. The summed E-state index contributed by atoms with van der Waals surface area (Å²) in [5.41, 5.74) is 0.331. The number of amides is 1. The van der Waals surface area contributed by atoms with Crippen LogP contribution in [0.15, 0.2) is 0 Å². The second-order valence-electron chi connectivity index (χ2n) is 5.72. The van der Waals surface area contributed by atoms with Crippen molar-refractivity contribution in [3.05, 3.63) is 0 Å². The van der Waals surface area contributed by atoms with E-state index in [4.69, 9.17) is 0 Å². The number of rotatable bonds is 1. The Bertz CT molecular complexity index is 244. The molecule has 15 heavy (non-hydrogen) atoms. The molecule has 3 heteroatoms. The monoisotopic (exact) mass is 210 g/mol. The molecule has 2 saturated heterocycles. The van der Waals surface area contributed by atoms with E-state index in [-0.39, 0.29) is 5.92 Å². The summed E-state index contributed by atoms with van der Waals surface area (Å²) in [7, 11) is 0. The lowest BCUT2D eigenvalue weighted by Gasteiger charge is -2.27. The molecule has 0 aromatic heterocycles. The van der Waals surface area contributed by atoms with Gasteiger partial charge in [0.2, 0.25) is 5.91 Å². The van der Waals surface area contributed by atoms with E-state index < -0.39 is 0 Å². The third-order valence-electron chi connectivity index (χ3n) is 3.64. The molecule has 0 radical (unpaired) electrons. The van der Waals surface area contributed by atoms with Gasteiger partial charge >= 0.3 is 0 Å². The lowest BCUT2D eigenvalue weighted by Crippen LogP contribution is -2.42. The van der Waals surface area contributed by atoms with E-state index >= 15 is 0 Å². The molecule has 3 nitrogen and oxygen atoms in total. The van der Waals surface area contributed by atoms with Gasteiger partial charge in [0.25, 0.3) is 0 Å². The molecular formula is C12H22N2O. The predicted molar refractivity (Wildman–Crippen MR) is 60.6 cm³/mol. The fourth-order valence-electron chi connectivity index (χ4n) is 2.62. The van der Waals surface area contributed by atoms with Crippen molar-refractivity contribution in [1.82, 2.24) is 10.2 Å². The average molecular weight is 210 g/mol. The summed E-state index contributed by atoms with van der Waals surface area (Å²) >= 11 is 0. The second kappa shape index (κ2) is 4.12. The van der Waals surface area contributed by atoms with Crippen LogP contribution in [-0.2, 0) is 4.79 Å². The Morgan fingerprint density at radius 3 is 2.80 bits per heavy atom. The largest absolute Gasteiger partial charge is 0.342 e. The summed E-state index contributed by atoms with van der Waals surface area (Å²) < 4.78 is 0. The molecule has 2 rings (SSSR count). The molecule has 2 aliphatic rings. The Balaban J connectivity index is 1.90. The highest BCUT2D eigenvalue weighted by Gasteiger charge is 2.35. The van der Waals surface area contributed by atoms with Gasteiger partial charge in [-0.2, -0.15) is 0 Å². The topological polar surface area (TPSA) is 32.3 Å². The van der Waals surface area contributed by atoms with Crippen LogP contribution in [0.2, 0.25) is 0 Å². The Morgan fingerprint density at radius 1 is 1.47 bits per heavy atom. The molecule has 1 unspecified atom stereocenters. The third-order valence-corrected chi connectivity index (χ3v) is 3.64. The molecule has 0 aromatic rings. The first-order valence-electron chi connectivity index (χ1n) is 6.08. The average Bonchev–Trinajstić information content (AvgIpc) is 2.59.